The first-order valence-electron chi connectivity index (χ1n) is 9.16. The van der Waals surface area contributed by atoms with Gasteiger partial charge >= 0.3 is 5.91 Å². The summed E-state index contributed by atoms with van der Waals surface area (Å²) in [6.07, 6.45) is 5.53. The molecule has 2 aromatic carbocycles. The van der Waals surface area contributed by atoms with E-state index in [9.17, 15) is 9.59 Å². The van der Waals surface area contributed by atoms with E-state index in [0.29, 0.717) is 21.7 Å². The minimum absolute atomic E-state index is 0.0960. The number of amides is 1. The van der Waals surface area contributed by atoms with Crippen LogP contribution >= 0.6 is 11.3 Å². The Balaban J connectivity index is 1.87. The van der Waals surface area contributed by atoms with Crippen molar-refractivity contribution in [1.29, 1.82) is 0 Å². The van der Waals surface area contributed by atoms with Gasteiger partial charge in [0, 0.05) is 6.07 Å². The molecular formula is C23H18N2O3S. The molecule has 0 aliphatic carbocycles. The fourth-order valence-corrected chi connectivity index (χ4v) is 4.21. The van der Waals surface area contributed by atoms with Crippen molar-refractivity contribution >= 4 is 38.4 Å². The summed E-state index contributed by atoms with van der Waals surface area (Å²) in [4.78, 5) is 29.7. The summed E-state index contributed by atoms with van der Waals surface area (Å²) in [5.41, 5.74) is 2.20. The zero-order chi connectivity index (χ0) is 20.5. The highest BCUT2D eigenvalue weighted by atomic mass is 32.1. The lowest BCUT2D eigenvalue weighted by Crippen LogP contribution is -2.17. The molecule has 5 nitrogen and oxygen atoms in total. The van der Waals surface area contributed by atoms with E-state index in [4.69, 9.17) is 10.8 Å². The number of carbonyl (C=O) groups is 1. The summed E-state index contributed by atoms with van der Waals surface area (Å²) in [5, 5.41) is 0.425. The van der Waals surface area contributed by atoms with Crippen LogP contribution in [0.5, 0.6) is 0 Å². The first-order chi connectivity index (χ1) is 14.0. The Morgan fingerprint density at radius 3 is 2.79 bits per heavy atom. The molecule has 0 aliphatic rings. The van der Waals surface area contributed by atoms with Crippen molar-refractivity contribution in [1.82, 2.24) is 4.57 Å². The van der Waals surface area contributed by atoms with Gasteiger partial charge in [-0.05, 0) is 35.7 Å². The van der Waals surface area contributed by atoms with Crippen LogP contribution in [0.25, 0.3) is 21.2 Å². The molecule has 0 unspecified atom stereocenters. The number of para-hydroxylation sites is 1. The Morgan fingerprint density at radius 2 is 2.03 bits per heavy atom. The van der Waals surface area contributed by atoms with E-state index in [0.717, 1.165) is 10.2 Å². The summed E-state index contributed by atoms with van der Waals surface area (Å²) in [6, 6.07) is 14.1. The molecule has 4 rings (SSSR count). The smallest absolute Gasteiger partial charge is 0.315 e. The molecule has 0 N–H and O–H groups in total. The minimum atomic E-state index is -0.616. The van der Waals surface area contributed by atoms with Gasteiger partial charge in [-0.15, -0.1) is 6.42 Å². The highest BCUT2D eigenvalue weighted by Gasteiger charge is 2.14. The maximum atomic E-state index is 12.8. The quantitative estimate of drug-likeness (QED) is 0.480. The number of hydrogen-bond acceptors (Lipinski definition) is 4. The monoisotopic (exact) mass is 402 g/mol. The number of hydrogen-bond donors (Lipinski definition) is 0. The third-order valence-electron chi connectivity index (χ3n) is 4.67. The molecule has 29 heavy (non-hydrogen) atoms. The summed E-state index contributed by atoms with van der Waals surface area (Å²) in [5.74, 6) is 2.28. The van der Waals surface area contributed by atoms with Crippen LogP contribution in [-0.4, -0.2) is 10.5 Å². The number of benzene rings is 2. The summed E-state index contributed by atoms with van der Waals surface area (Å²) in [6.45, 7) is 4.54. The number of carbonyl (C=O) groups excluding carboxylic acids is 1. The summed E-state index contributed by atoms with van der Waals surface area (Å²) in [7, 11) is 0. The minimum Gasteiger partial charge on any atom is -0.451 e. The Hall–Kier alpha value is -3.43. The van der Waals surface area contributed by atoms with Crippen molar-refractivity contribution < 1.29 is 9.21 Å². The van der Waals surface area contributed by atoms with E-state index in [1.54, 1.807) is 24.3 Å². The lowest BCUT2D eigenvalue weighted by Gasteiger charge is -2.05. The highest BCUT2D eigenvalue weighted by Crippen LogP contribution is 2.23. The Kier molecular flexibility index (Phi) is 4.91. The molecule has 0 saturated heterocycles. The number of nitrogens with zero attached hydrogens (tertiary/aromatic N) is 2. The van der Waals surface area contributed by atoms with Crippen LogP contribution in [0.3, 0.4) is 0 Å². The number of fused-ring (bicyclic) bond motifs is 2. The van der Waals surface area contributed by atoms with Gasteiger partial charge in [0.2, 0.25) is 0 Å². The van der Waals surface area contributed by atoms with E-state index in [1.165, 1.54) is 23.0 Å². The van der Waals surface area contributed by atoms with Crippen LogP contribution in [0.15, 0.2) is 62.7 Å². The SMILES string of the molecule is C#CCn1c(=NC(=O)c2cc(=O)c3ccccc3o2)sc2cc(C(C)C)ccc21. The lowest BCUT2D eigenvalue weighted by molar-refractivity contribution is 0.0972. The van der Waals surface area contributed by atoms with Crippen molar-refractivity contribution in [3.63, 3.8) is 0 Å². The molecule has 0 atom stereocenters. The molecule has 1 amide bonds. The normalized spacial score (nSPS) is 12.0. The van der Waals surface area contributed by atoms with E-state index < -0.39 is 5.91 Å². The van der Waals surface area contributed by atoms with Crippen molar-refractivity contribution in [3.05, 3.63) is 74.9 Å². The molecule has 6 heteroatoms. The van der Waals surface area contributed by atoms with Gasteiger partial charge in [0.25, 0.3) is 0 Å². The summed E-state index contributed by atoms with van der Waals surface area (Å²) >= 11 is 1.39. The van der Waals surface area contributed by atoms with Crippen LogP contribution in [0.2, 0.25) is 0 Å². The van der Waals surface area contributed by atoms with Crippen LogP contribution in [0, 0.1) is 12.3 Å². The van der Waals surface area contributed by atoms with E-state index in [1.807, 2.05) is 10.6 Å². The predicted molar refractivity (Wildman–Crippen MR) is 115 cm³/mol. The highest BCUT2D eigenvalue weighted by molar-refractivity contribution is 7.16. The van der Waals surface area contributed by atoms with Gasteiger partial charge < -0.3 is 8.98 Å². The topological polar surface area (TPSA) is 64.6 Å². The van der Waals surface area contributed by atoms with Crippen molar-refractivity contribution in [2.45, 2.75) is 26.3 Å². The standard InChI is InChI=1S/C23H18N2O3S/c1-4-11-25-17-10-9-15(14(2)3)12-21(17)29-23(25)24-22(27)20-13-18(26)16-7-5-6-8-19(16)28-20/h1,5-10,12-14H,11H2,2-3H3. The second kappa shape index (κ2) is 7.53. The maximum absolute atomic E-state index is 12.8. The van der Waals surface area contributed by atoms with Crippen LogP contribution in [0.4, 0.5) is 0 Å². The molecule has 0 bridgehead atoms. The average Bonchev–Trinajstić information content (AvgIpc) is 3.04. The molecule has 2 aromatic heterocycles. The number of rotatable bonds is 3. The number of terminal acetylenes is 1. The van der Waals surface area contributed by atoms with Crippen LogP contribution in [-0.2, 0) is 6.54 Å². The fourth-order valence-electron chi connectivity index (χ4n) is 3.13. The number of thiazole rings is 1. The zero-order valence-electron chi connectivity index (χ0n) is 16.0. The largest absolute Gasteiger partial charge is 0.451 e. The first-order valence-corrected chi connectivity index (χ1v) is 9.98. The van der Waals surface area contributed by atoms with Gasteiger partial charge in [0.15, 0.2) is 16.0 Å². The van der Waals surface area contributed by atoms with E-state index >= 15 is 0 Å². The van der Waals surface area contributed by atoms with E-state index in [2.05, 4.69) is 36.9 Å². The lowest BCUT2D eigenvalue weighted by atomic mass is 10.0. The van der Waals surface area contributed by atoms with Crippen LogP contribution in [0.1, 0.15) is 35.9 Å². The van der Waals surface area contributed by atoms with Gasteiger partial charge in [-0.3, -0.25) is 9.59 Å². The third kappa shape index (κ3) is 3.53. The van der Waals surface area contributed by atoms with E-state index in [-0.39, 0.29) is 17.7 Å². The third-order valence-corrected chi connectivity index (χ3v) is 5.71. The molecule has 0 radical (unpaired) electrons. The predicted octanol–water partition coefficient (Wildman–Crippen LogP) is 4.31. The zero-order valence-corrected chi connectivity index (χ0v) is 16.8. The molecule has 0 fully saturated rings. The first kappa shape index (κ1) is 18.9. The van der Waals surface area contributed by atoms with Gasteiger partial charge in [-0.1, -0.05) is 49.3 Å². The Morgan fingerprint density at radius 1 is 1.24 bits per heavy atom. The fraction of sp³-hybridized carbons (Fsp3) is 0.174. The van der Waals surface area contributed by atoms with Gasteiger partial charge in [-0.2, -0.15) is 4.99 Å². The summed E-state index contributed by atoms with van der Waals surface area (Å²) < 4.78 is 8.43. The van der Waals surface area contributed by atoms with Gasteiger partial charge in [0.05, 0.1) is 22.1 Å². The van der Waals surface area contributed by atoms with Crippen LogP contribution < -0.4 is 10.2 Å². The Labute approximate surface area is 170 Å². The molecule has 0 spiro atoms. The van der Waals surface area contributed by atoms with Gasteiger partial charge in [-0.25, -0.2) is 0 Å². The van der Waals surface area contributed by atoms with Crippen molar-refractivity contribution in [3.8, 4) is 12.3 Å². The Bertz CT molecular complexity index is 1410. The molecule has 2 heterocycles. The second-order valence-corrected chi connectivity index (χ2v) is 7.95. The second-order valence-electron chi connectivity index (χ2n) is 6.94. The molecular weight excluding hydrogens is 384 g/mol. The molecule has 0 aliphatic heterocycles. The van der Waals surface area contributed by atoms with Crippen molar-refractivity contribution in [2.75, 3.05) is 0 Å². The maximum Gasteiger partial charge on any atom is 0.315 e. The molecule has 0 saturated carbocycles. The van der Waals surface area contributed by atoms with Gasteiger partial charge in [0.1, 0.15) is 5.58 Å². The average molecular weight is 402 g/mol. The molecule has 4 aromatic rings. The number of aromatic nitrogens is 1. The van der Waals surface area contributed by atoms with Crippen molar-refractivity contribution in [2.24, 2.45) is 4.99 Å². The molecule has 144 valence electrons.